The van der Waals surface area contributed by atoms with Gasteiger partial charge >= 0.3 is 5.88 Å². The molecule has 0 spiro atoms. The van der Waals surface area contributed by atoms with Gasteiger partial charge in [-0.2, -0.15) is 0 Å². The van der Waals surface area contributed by atoms with Gasteiger partial charge in [-0.3, -0.25) is 10.1 Å². The average molecular weight is 1370 g/mol. The Morgan fingerprint density at radius 2 is 1.11 bits per heavy atom. The van der Waals surface area contributed by atoms with Gasteiger partial charge in [0.2, 0.25) is 0 Å². The highest BCUT2D eigenvalue weighted by Gasteiger charge is 2.41. The fraction of sp³-hybridized carbons (Fsp3) is 0.558. The first kappa shape index (κ1) is 87.3. The average Bonchev–Trinajstić information content (AvgIpc) is 1.63. The molecule has 546 valence electrons. The van der Waals surface area contributed by atoms with Gasteiger partial charge in [0, 0.05) is 50.4 Å². The number of ether oxygens (including phenoxy) is 1. The number of phenolic OH excluding ortho intramolecular Hbond substituents is 1. The molecule has 2 bridgehead atoms. The van der Waals surface area contributed by atoms with Crippen molar-refractivity contribution in [2.75, 3.05) is 7.11 Å². The van der Waals surface area contributed by atoms with Crippen LogP contribution in [0.4, 0.5) is 5.88 Å². The van der Waals surface area contributed by atoms with Gasteiger partial charge in [0.15, 0.2) is 11.5 Å². The summed E-state index contributed by atoms with van der Waals surface area (Å²) in [6.45, 7) is 64.9. The third-order valence-electron chi connectivity index (χ3n) is 16.7. The summed E-state index contributed by atoms with van der Waals surface area (Å²) in [6.07, 6.45) is 14.5. The number of aliphatic hydroxyl groups is 1. The number of hydrogen-bond acceptors (Lipinski definition) is 10. The Kier molecular flexibility index (Phi) is 32.6. The number of aryl methyl sites for hydroxylation is 4. The maximum atomic E-state index is 10.3. The topological polar surface area (TPSA) is 150 Å². The van der Waals surface area contributed by atoms with Gasteiger partial charge < -0.3 is 37.2 Å². The van der Waals surface area contributed by atoms with Crippen LogP contribution in [0, 0.1) is 47.1 Å². The van der Waals surface area contributed by atoms with Crippen molar-refractivity contribution in [1.29, 1.82) is 0 Å². The molecule has 0 aliphatic heterocycles. The van der Waals surface area contributed by atoms with Crippen molar-refractivity contribution in [2.45, 2.75) is 277 Å². The molecular weight excluding hydrogens is 1240 g/mol. The Bertz CT molecular complexity index is 3530. The number of allylic oxidation sites excluding steroid dienone is 2. The van der Waals surface area contributed by atoms with E-state index in [1.807, 2.05) is 69.4 Å². The lowest BCUT2D eigenvalue weighted by Crippen LogP contribution is -2.23. The zero-order valence-corrected chi connectivity index (χ0v) is 67.7. The molecule has 6 aromatic heterocycles. The minimum Gasteiger partial charge on any atom is -0.504 e. The van der Waals surface area contributed by atoms with Gasteiger partial charge in [-0.25, -0.2) is 0 Å². The van der Waals surface area contributed by atoms with Crippen LogP contribution in [0.1, 0.15) is 273 Å². The zero-order chi connectivity index (χ0) is 75.4. The summed E-state index contributed by atoms with van der Waals surface area (Å²) < 4.78 is 27.9. The smallest absolute Gasteiger partial charge is 0.433 e. The molecule has 10 rings (SSSR count). The predicted molar refractivity (Wildman–Crippen MR) is 415 cm³/mol. The summed E-state index contributed by atoms with van der Waals surface area (Å²) >= 11 is 1.94. The van der Waals surface area contributed by atoms with E-state index in [2.05, 4.69) is 259 Å². The monoisotopic (exact) mass is 1370 g/mol. The molecule has 8 aromatic rings. The molecule has 0 amide bonds. The number of fused-ring (bicyclic) bond motifs is 2. The summed E-state index contributed by atoms with van der Waals surface area (Å²) in [5.74, 6) is 7.57. The quantitative estimate of drug-likeness (QED) is 0.0997. The number of aliphatic hydroxyl groups excluding tert-OH is 1. The van der Waals surface area contributed by atoms with Crippen molar-refractivity contribution in [3.63, 3.8) is 0 Å². The van der Waals surface area contributed by atoms with Crippen LogP contribution in [-0.2, 0) is 63.4 Å². The number of nitrogens with zero attached hydrogens (tertiary/aromatic N) is 2. The number of aromatic hydroxyl groups is 1. The molecule has 2 aliphatic rings. The standard InChI is InChI=1S/C11H16O2.C11H18.C11H16.C10H16S.C9H15N.C9H14O2.C9H14O.C8H11NO3.C8H12O/c1-11(2,3)8-5-6-10(13-4)9(12)7-8;1-11(2,3)10-7-8-4-5-9(10)6-8;1-9-6-5-7-10(8-9)11(2,3)4;1-5-8-6-7-9(11-8)10(2,3)4;1-9(2,3)8-6-5-7-10(8)4;1-9(2,3)8-5-4-7(6-10)11-8;1-7-5-6-8(10-7)9(2,3)4;1-8(2,3)6-4-5-7(12-6)9(10)11;1-8(2,3)7-4-5-9-6-7/h5-7,12H,1-4H3;4-5,8-10H,6-7H2,1-3H3;5-8H,1-4H3;6-7H,5H2,1-4H3;5-7H,1-4H3;4-5,10H,6H2,1-3H3;5-6H,1-4H3;4-5H,1-3H3;4-6H,1-3H3. The van der Waals surface area contributed by atoms with E-state index in [4.69, 9.17) is 27.5 Å². The number of rotatable bonds is 4. The summed E-state index contributed by atoms with van der Waals surface area (Å²) in [6, 6.07) is 35.7. The normalized spacial score (nSPS) is 15.2. The summed E-state index contributed by atoms with van der Waals surface area (Å²) in [4.78, 5) is 12.7. The molecule has 0 radical (unpaired) electrons. The van der Waals surface area contributed by atoms with Crippen molar-refractivity contribution < 1.29 is 37.5 Å². The Hall–Kier alpha value is -6.76. The molecule has 1 saturated carbocycles. The first-order valence-electron chi connectivity index (χ1n) is 35.0. The minimum atomic E-state index is -0.532. The van der Waals surface area contributed by atoms with Gasteiger partial charge in [0.25, 0.3) is 0 Å². The van der Waals surface area contributed by atoms with Crippen LogP contribution in [0.3, 0.4) is 0 Å². The van der Waals surface area contributed by atoms with Gasteiger partial charge in [-0.05, 0) is 167 Å². The van der Waals surface area contributed by atoms with Gasteiger partial charge in [-0.1, -0.05) is 242 Å². The van der Waals surface area contributed by atoms with Crippen LogP contribution in [0.5, 0.6) is 11.5 Å². The van der Waals surface area contributed by atoms with Crippen LogP contribution in [-0.4, -0.2) is 26.8 Å². The summed E-state index contributed by atoms with van der Waals surface area (Å²) in [5, 5.41) is 28.5. The molecule has 98 heavy (non-hydrogen) atoms. The first-order chi connectivity index (χ1) is 44.6. The second-order valence-electron chi connectivity index (χ2n) is 35.4. The number of nitro groups is 1. The Balaban J connectivity index is 0.000000376. The maximum absolute atomic E-state index is 10.3. The van der Waals surface area contributed by atoms with Crippen LogP contribution >= 0.6 is 11.3 Å². The lowest BCUT2D eigenvalue weighted by atomic mass is 9.73. The van der Waals surface area contributed by atoms with Crippen molar-refractivity contribution in [2.24, 2.45) is 30.2 Å². The van der Waals surface area contributed by atoms with Crippen LogP contribution in [0.25, 0.3) is 0 Å². The molecule has 3 atom stereocenters. The van der Waals surface area contributed by atoms with E-state index in [0.29, 0.717) is 28.1 Å². The zero-order valence-electron chi connectivity index (χ0n) is 66.9. The molecule has 0 saturated heterocycles. The summed E-state index contributed by atoms with van der Waals surface area (Å²) in [5.41, 5.74) is 8.22. The van der Waals surface area contributed by atoms with Crippen molar-refractivity contribution in [3.8, 4) is 11.5 Å². The lowest BCUT2D eigenvalue weighted by Gasteiger charge is -2.32. The number of aromatic nitrogens is 1. The number of benzene rings is 2. The number of phenols is 1. The second kappa shape index (κ2) is 36.5. The first-order valence-corrected chi connectivity index (χ1v) is 35.8. The Morgan fingerprint density at radius 3 is 1.39 bits per heavy atom. The fourth-order valence-corrected chi connectivity index (χ4v) is 11.5. The van der Waals surface area contributed by atoms with E-state index in [1.165, 1.54) is 57.5 Å². The van der Waals surface area contributed by atoms with Crippen LogP contribution in [0.2, 0.25) is 0 Å². The van der Waals surface area contributed by atoms with E-state index in [0.717, 1.165) is 40.6 Å². The van der Waals surface area contributed by atoms with Crippen LogP contribution < -0.4 is 4.74 Å². The molecule has 2 N–H and O–H groups in total. The van der Waals surface area contributed by atoms with Gasteiger partial charge in [0.1, 0.15) is 40.3 Å². The summed E-state index contributed by atoms with van der Waals surface area (Å²) in [7, 11) is 3.63. The molecule has 6 heterocycles. The number of hydrogen-bond donors (Lipinski definition) is 2. The highest BCUT2D eigenvalue weighted by Crippen LogP contribution is 2.51. The van der Waals surface area contributed by atoms with Crippen molar-refractivity contribution in [3.05, 3.63) is 217 Å². The number of furan rings is 4. The molecule has 2 aromatic carbocycles. The molecule has 1 fully saturated rings. The van der Waals surface area contributed by atoms with E-state index in [1.54, 1.807) is 43.9 Å². The molecular formula is C86H132N2O9S. The second-order valence-corrected chi connectivity index (χ2v) is 36.5. The molecule has 11 nitrogen and oxygen atoms in total. The largest absolute Gasteiger partial charge is 0.504 e. The van der Waals surface area contributed by atoms with E-state index in [-0.39, 0.29) is 56.1 Å². The van der Waals surface area contributed by atoms with E-state index in [9.17, 15) is 15.2 Å². The maximum Gasteiger partial charge on any atom is 0.433 e. The minimum absolute atomic E-state index is 0.0178. The molecule has 12 heteroatoms. The highest BCUT2D eigenvalue weighted by atomic mass is 32.1. The molecule has 3 unspecified atom stereocenters. The third-order valence-corrected chi connectivity index (χ3v) is 18.4. The fourth-order valence-electron chi connectivity index (χ4n) is 10.5. The SMILES string of the molecule is CC(C)(C)C1CC2C=CC1C2.CC(C)(C)c1ccc(CO)o1.CC(C)(C)c1ccc([N+](=O)[O-])o1.CC(C)(C)c1ccoc1.CCc1ccc(C(C)(C)C)s1.COc1ccc(C(C)(C)C)cc1O.Cc1ccc(C(C)(C)C)o1.Cc1cccc(C(C)(C)C)c1.Cn1cccc1C(C)(C)C. The lowest BCUT2D eigenvalue weighted by molar-refractivity contribution is -0.402. The Labute approximate surface area is 598 Å². The Morgan fingerprint density at radius 1 is 0.571 bits per heavy atom. The van der Waals surface area contributed by atoms with Gasteiger partial charge in [-0.15, -0.1) is 11.3 Å². The van der Waals surface area contributed by atoms with E-state index < -0.39 is 4.92 Å². The van der Waals surface area contributed by atoms with Crippen LogP contribution in [0.15, 0.2) is 158 Å². The number of thiophene rings is 1. The number of methoxy groups -OCH3 is 1. The third kappa shape index (κ3) is 30.8. The predicted octanol–water partition coefficient (Wildman–Crippen LogP) is 25.2. The van der Waals surface area contributed by atoms with E-state index >= 15 is 0 Å². The molecule has 2 aliphatic carbocycles. The van der Waals surface area contributed by atoms with Crippen molar-refractivity contribution >= 4 is 17.2 Å². The highest BCUT2D eigenvalue weighted by molar-refractivity contribution is 7.12. The van der Waals surface area contributed by atoms with Crippen molar-refractivity contribution in [1.82, 2.24) is 4.57 Å². The van der Waals surface area contributed by atoms with Gasteiger partial charge in [0.05, 0.1) is 25.7 Å².